The number of likely N-dealkylation sites (N-methyl/N-ethyl adjacent to an activating group) is 2. The SMILES string of the molecule is CN(C)CCO[Si](C)(CCCSC(=O)COc1ccccc1)OCCN(C)C. The number of benzene rings is 1. The van der Waals surface area contributed by atoms with Crippen molar-refractivity contribution in [3.05, 3.63) is 30.3 Å². The molecule has 1 aromatic rings. The molecule has 0 atom stereocenters. The molecule has 28 heavy (non-hydrogen) atoms. The zero-order valence-electron chi connectivity index (χ0n) is 18.0. The summed E-state index contributed by atoms with van der Waals surface area (Å²) < 4.78 is 17.8. The minimum atomic E-state index is -2.24. The molecule has 0 saturated carbocycles. The molecule has 0 spiro atoms. The maximum Gasteiger partial charge on any atom is 0.335 e. The number of ether oxygens (including phenoxy) is 1. The number of carbonyl (C=O) groups excluding carboxylic acids is 1. The molecule has 0 saturated heterocycles. The van der Waals surface area contributed by atoms with Crippen molar-refractivity contribution in [2.45, 2.75) is 19.0 Å². The van der Waals surface area contributed by atoms with Crippen LogP contribution in [0.15, 0.2) is 30.3 Å². The van der Waals surface area contributed by atoms with Crippen LogP contribution in [0.5, 0.6) is 5.75 Å². The molecule has 1 aromatic carbocycles. The van der Waals surface area contributed by atoms with Crippen LogP contribution in [0.25, 0.3) is 0 Å². The Hall–Kier alpha value is -0.903. The van der Waals surface area contributed by atoms with E-state index in [2.05, 4.69) is 16.3 Å². The Morgan fingerprint density at radius 3 is 2.11 bits per heavy atom. The summed E-state index contributed by atoms with van der Waals surface area (Å²) in [6.45, 7) is 5.34. The number of nitrogens with zero attached hydrogens (tertiary/aromatic N) is 2. The van der Waals surface area contributed by atoms with E-state index < -0.39 is 8.56 Å². The average Bonchev–Trinajstić information content (AvgIpc) is 2.64. The van der Waals surface area contributed by atoms with Gasteiger partial charge in [0.05, 0.1) is 0 Å². The Labute approximate surface area is 175 Å². The molecule has 0 heterocycles. The zero-order valence-corrected chi connectivity index (χ0v) is 19.8. The second kappa shape index (κ2) is 14.1. The molecule has 0 unspecified atom stereocenters. The number of thioether (sulfide) groups is 1. The van der Waals surface area contributed by atoms with Gasteiger partial charge in [-0.3, -0.25) is 4.79 Å². The van der Waals surface area contributed by atoms with E-state index in [1.807, 2.05) is 58.5 Å². The summed E-state index contributed by atoms with van der Waals surface area (Å²) in [6.07, 6.45) is 0.897. The second-order valence-corrected chi connectivity index (χ2v) is 11.9. The van der Waals surface area contributed by atoms with E-state index in [0.29, 0.717) is 13.2 Å². The molecule has 0 bridgehead atoms. The quantitative estimate of drug-likeness (QED) is 0.314. The Bertz CT molecular complexity index is 532. The maximum absolute atomic E-state index is 12.0. The Kier molecular flexibility index (Phi) is 12.7. The minimum absolute atomic E-state index is 0.0503. The third-order valence-electron chi connectivity index (χ3n) is 4.03. The summed E-state index contributed by atoms with van der Waals surface area (Å²) in [5, 5.41) is 0.0503. The first-order valence-electron chi connectivity index (χ1n) is 9.71. The molecule has 0 N–H and O–H groups in total. The summed E-state index contributed by atoms with van der Waals surface area (Å²) in [7, 11) is 5.91. The largest absolute Gasteiger partial charge is 0.485 e. The van der Waals surface area contributed by atoms with Crippen molar-refractivity contribution in [2.75, 3.05) is 66.9 Å². The van der Waals surface area contributed by atoms with Crippen molar-refractivity contribution in [1.29, 1.82) is 0 Å². The van der Waals surface area contributed by atoms with Crippen LogP contribution in [0.2, 0.25) is 12.6 Å². The Morgan fingerprint density at radius 1 is 1.00 bits per heavy atom. The number of rotatable bonds is 15. The third-order valence-corrected chi connectivity index (χ3v) is 7.85. The molecule has 0 aromatic heterocycles. The molecule has 8 heteroatoms. The molecule has 6 nitrogen and oxygen atoms in total. The van der Waals surface area contributed by atoms with Crippen LogP contribution in [0, 0.1) is 0 Å². The fourth-order valence-corrected chi connectivity index (χ4v) is 5.51. The fourth-order valence-electron chi connectivity index (χ4n) is 2.35. The number of carbonyl (C=O) groups is 1. The van der Waals surface area contributed by atoms with Crippen LogP contribution in [0.4, 0.5) is 0 Å². The lowest BCUT2D eigenvalue weighted by molar-refractivity contribution is -0.112. The van der Waals surface area contributed by atoms with Crippen LogP contribution in [-0.4, -0.2) is 90.3 Å². The lowest BCUT2D eigenvalue weighted by Crippen LogP contribution is -2.42. The van der Waals surface area contributed by atoms with E-state index in [1.165, 1.54) is 11.8 Å². The Balaban J connectivity index is 2.31. The summed E-state index contributed by atoms with van der Waals surface area (Å²) in [5.41, 5.74) is 0. The van der Waals surface area contributed by atoms with Gasteiger partial charge in [0.1, 0.15) is 5.75 Å². The van der Waals surface area contributed by atoms with Crippen LogP contribution in [0.3, 0.4) is 0 Å². The lowest BCUT2D eigenvalue weighted by atomic mass is 10.3. The Morgan fingerprint density at radius 2 is 1.57 bits per heavy atom. The standard InChI is InChI=1S/C20H36N2O4SSi/c1-21(2)12-14-25-28(5,26-15-13-22(3)4)17-9-16-27-20(23)18-24-19-10-7-6-8-11-19/h6-8,10-11H,9,12-18H2,1-5H3. The fraction of sp³-hybridized carbons (Fsp3) is 0.650. The van der Waals surface area contributed by atoms with E-state index in [9.17, 15) is 4.79 Å². The number of hydrogen-bond donors (Lipinski definition) is 0. The monoisotopic (exact) mass is 428 g/mol. The van der Waals surface area contributed by atoms with Gasteiger partial charge in [-0.05, 0) is 59.3 Å². The van der Waals surface area contributed by atoms with Crippen LogP contribution in [-0.2, 0) is 13.6 Å². The first kappa shape index (κ1) is 25.1. The molecule has 1 rings (SSSR count). The van der Waals surface area contributed by atoms with E-state index in [-0.39, 0.29) is 11.7 Å². The van der Waals surface area contributed by atoms with Crippen LogP contribution >= 0.6 is 11.8 Å². The van der Waals surface area contributed by atoms with Crippen molar-refractivity contribution in [3.63, 3.8) is 0 Å². The van der Waals surface area contributed by atoms with Gasteiger partial charge in [0.25, 0.3) is 0 Å². The summed E-state index contributed by atoms with van der Waals surface area (Å²) in [6, 6.07) is 10.3. The van der Waals surface area contributed by atoms with Crippen molar-refractivity contribution < 1.29 is 18.4 Å². The van der Waals surface area contributed by atoms with Gasteiger partial charge in [-0.25, -0.2) is 0 Å². The van der Waals surface area contributed by atoms with Crippen molar-refractivity contribution in [2.24, 2.45) is 0 Å². The van der Waals surface area contributed by atoms with E-state index in [4.69, 9.17) is 13.6 Å². The molecule has 0 aliphatic heterocycles. The van der Waals surface area contributed by atoms with Gasteiger partial charge in [-0.2, -0.15) is 0 Å². The topological polar surface area (TPSA) is 51.2 Å². The van der Waals surface area contributed by atoms with E-state index >= 15 is 0 Å². The molecule has 0 aliphatic carbocycles. The first-order chi connectivity index (χ1) is 13.3. The molecular formula is C20H36N2O4SSi. The molecule has 0 aliphatic rings. The molecule has 160 valence electrons. The maximum atomic E-state index is 12.0. The first-order valence-corrected chi connectivity index (χ1v) is 13.2. The van der Waals surface area contributed by atoms with Crippen LogP contribution < -0.4 is 4.74 Å². The highest BCUT2D eigenvalue weighted by Crippen LogP contribution is 2.19. The minimum Gasteiger partial charge on any atom is -0.485 e. The van der Waals surface area contributed by atoms with Gasteiger partial charge in [0, 0.05) is 32.1 Å². The van der Waals surface area contributed by atoms with Gasteiger partial charge >= 0.3 is 8.56 Å². The van der Waals surface area contributed by atoms with Gasteiger partial charge in [0.15, 0.2) is 6.61 Å². The molecule has 0 amide bonds. The molecule has 0 radical (unpaired) electrons. The van der Waals surface area contributed by atoms with Crippen molar-refractivity contribution >= 4 is 25.4 Å². The predicted molar refractivity (Wildman–Crippen MR) is 119 cm³/mol. The highest BCUT2D eigenvalue weighted by atomic mass is 32.2. The molecular weight excluding hydrogens is 392 g/mol. The zero-order chi connectivity index (χ0) is 20.8. The van der Waals surface area contributed by atoms with Gasteiger partial charge < -0.3 is 23.4 Å². The third kappa shape index (κ3) is 12.5. The van der Waals surface area contributed by atoms with E-state index in [1.54, 1.807) is 0 Å². The number of hydrogen-bond acceptors (Lipinski definition) is 7. The molecule has 0 fully saturated rings. The van der Waals surface area contributed by atoms with Crippen molar-refractivity contribution in [1.82, 2.24) is 9.80 Å². The lowest BCUT2D eigenvalue weighted by Gasteiger charge is -2.28. The van der Waals surface area contributed by atoms with Crippen molar-refractivity contribution in [3.8, 4) is 5.75 Å². The van der Waals surface area contributed by atoms with E-state index in [0.717, 1.165) is 37.1 Å². The van der Waals surface area contributed by atoms with Gasteiger partial charge in [-0.1, -0.05) is 30.0 Å². The van der Waals surface area contributed by atoms with Gasteiger partial charge in [0.2, 0.25) is 5.12 Å². The van der Waals surface area contributed by atoms with Gasteiger partial charge in [-0.15, -0.1) is 0 Å². The smallest absolute Gasteiger partial charge is 0.335 e. The number of para-hydroxylation sites is 1. The predicted octanol–water partition coefficient (Wildman–Crippen LogP) is 2.94. The summed E-state index contributed by atoms with van der Waals surface area (Å²) >= 11 is 1.32. The average molecular weight is 429 g/mol. The van der Waals surface area contributed by atoms with Crippen LogP contribution in [0.1, 0.15) is 6.42 Å². The highest BCUT2D eigenvalue weighted by Gasteiger charge is 2.31. The normalized spacial score (nSPS) is 12.0. The second-order valence-electron chi connectivity index (χ2n) is 7.36. The summed E-state index contributed by atoms with van der Waals surface area (Å²) in [5.74, 6) is 1.48. The summed E-state index contributed by atoms with van der Waals surface area (Å²) in [4.78, 5) is 16.2. The highest BCUT2D eigenvalue weighted by molar-refractivity contribution is 8.13.